The number of nitrogens with one attached hydrogen (secondary N) is 1. The van der Waals surface area contributed by atoms with Crippen molar-refractivity contribution in [2.45, 2.75) is 12.5 Å². The fourth-order valence-corrected chi connectivity index (χ4v) is 1.50. The zero-order valence-electron chi connectivity index (χ0n) is 11.0. The third-order valence-corrected chi connectivity index (χ3v) is 2.57. The minimum atomic E-state index is -0.727. The standard InChI is InChI=1S/C13H18N2O4/c1-18-8-7-11(13(17)19-2)15-12(16)9-3-5-10(14)6-4-9/h3-6,11H,7-8,14H2,1-2H3,(H,15,16)/t11-/m1/s1. The minimum Gasteiger partial charge on any atom is -0.467 e. The van der Waals surface area contributed by atoms with Gasteiger partial charge in [0.15, 0.2) is 0 Å². The predicted octanol–water partition coefficient (Wildman–Crippen LogP) is 0.577. The van der Waals surface area contributed by atoms with Crippen LogP contribution in [0.15, 0.2) is 24.3 Å². The van der Waals surface area contributed by atoms with Gasteiger partial charge in [0.05, 0.1) is 7.11 Å². The van der Waals surface area contributed by atoms with Gasteiger partial charge in [-0.3, -0.25) is 4.79 Å². The maximum atomic E-state index is 11.9. The molecule has 0 spiro atoms. The lowest BCUT2D eigenvalue weighted by Gasteiger charge is -2.16. The normalized spacial score (nSPS) is 11.7. The number of methoxy groups -OCH3 is 2. The number of benzene rings is 1. The number of nitrogens with two attached hydrogens (primary N) is 1. The zero-order chi connectivity index (χ0) is 14.3. The summed E-state index contributed by atoms with van der Waals surface area (Å²) >= 11 is 0. The fourth-order valence-electron chi connectivity index (χ4n) is 1.50. The highest BCUT2D eigenvalue weighted by Gasteiger charge is 2.21. The van der Waals surface area contributed by atoms with Crippen molar-refractivity contribution in [1.29, 1.82) is 0 Å². The lowest BCUT2D eigenvalue weighted by atomic mass is 10.1. The Morgan fingerprint density at radius 1 is 1.26 bits per heavy atom. The smallest absolute Gasteiger partial charge is 0.328 e. The Balaban J connectivity index is 2.69. The van der Waals surface area contributed by atoms with E-state index in [1.165, 1.54) is 14.2 Å². The Morgan fingerprint density at radius 3 is 2.42 bits per heavy atom. The summed E-state index contributed by atoms with van der Waals surface area (Å²) < 4.78 is 9.53. The molecule has 0 saturated carbocycles. The molecule has 0 fully saturated rings. The summed E-state index contributed by atoms with van der Waals surface area (Å²) in [5.41, 5.74) is 6.54. The van der Waals surface area contributed by atoms with Crippen molar-refractivity contribution in [3.8, 4) is 0 Å². The van der Waals surface area contributed by atoms with Gasteiger partial charge in [-0.2, -0.15) is 0 Å². The van der Waals surface area contributed by atoms with E-state index in [1.807, 2.05) is 0 Å². The molecule has 0 bridgehead atoms. The molecule has 1 rings (SSSR count). The molecule has 1 aromatic carbocycles. The first kappa shape index (κ1) is 15.0. The van der Waals surface area contributed by atoms with E-state index < -0.39 is 12.0 Å². The highest BCUT2D eigenvalue weighted by molar-refractivity contribution is 5.97. The average molecular weight is 266 g/mol. The van der Waals surface area contributed by atoms with Crippen molar-refractivity contribution >= 4 is 17.6 Å². The topological polar surface area (TPSA) is 90.6 Å². The highest BCUT2D eigenvalue weighted by atomic mass is 16.5. The molecule has 1 aromatic rings. The summed E-state index contributed by atoms with van der Waals surface area (Å²) in [6, 6.07) is 5.70. The van der Waals surface area contributed by atoms with Crippen molar-refractivity contribution in [2.75, 3.05) is 26.6 Å². The molecule has 0 aliphatic rings. The number of amides is 1. The molecule has 3 N–H and O–H groups in total. The number of esters is 1. The Labute approximate surface area is 111 Å². The highest BCUT2D eigenvalue weighted by Crippen LogP contribution is 2.06. The van der Waals surface area contributed by atoms with Crippen LogP contribution in [-0.4, -0.2) is 38.7 Å². The van der Waals surface area contributed by atoms with Gasteiger partial charge < -0.3 is 20.5 Å². The van der Waals surface area contributed by atoms with Crippen molar-refractivity contribution in [1.82, 2.24) is 5.32 Å². The third kappa shape index (κ3) is 4.59. The van der Waals surface area contributed by atoms with E-state index in [2.05, 4.69) is 10.1 Å². The SMILES string of the molecule is COCC[C@@H](NC(=O)c1ccc(N)cc1)C(=O)OC. The maximum absolute atomic E-state index is 11.9. The Morgan fingerprint density at radius 2 is 1.89 bits per heavy atom. The Hall–Kier alpha value is -2.08. The molecule has 1 atom stereocenters. The molecule has 0 aliphatic carbocycles. The molecular weight excluding hydrogens is 248 g/mol. The second-order valence-electron chi connectivity index (χ2n) is 3.95. The molecular formula is C13H18N2O4. The van der Waals surface area contributed by atoms with Crippen molar-refractivity contribution < 1.29 is 19.1 Å². The monoisotopic (exact) mass is 266 g/mol. The molecule has 0 aromatic heterocycles. The van der Waals surface area contributed by atoms with Crippen molar-refractivity contribution in [2.24, 2.45) is 0 Å². The number of carbonyl (C=O) groups is 2. The zero-order valence-corrected chi connectivity index (χ0v) is 11.0. The first-order valence-electron chi connectivity index (χ1n) is 5.81. The van der Waals surface area contributed by atoms with Gasteiger partial charge in [-0.05, 0) is 24.3 Å². The fraction of sp³-hybridized carbons (Fsp3) is 0.385. The van der Waals surface area contributed by atoms with E-state index in [4.69, 9.17) is 10.5 Å². The molecule has 0 unspecified atom stereocenters. The summed E-state index contributed by atoms with van der Waals surface area (Å²) in [6.07, 6.45) is 0.351. The first-order valence-corrected chi connectivity index (χ1v) is 5.81. The summed E-state index contributed by atoms with van der Waals surface area (Å²) in [5, 5.41) is 2.60. The number of rotatable bonds is 6. The molecule has 19 heavy (non-hydrogen) atoms. The second-order valence-corrected chi connectivity index (χ2v) is 3.95. The first-order chi connectivity index (χ1) is 9.08. The van der Waals surface area contributed by atoms with E-state index in [9.17, 15) is 9.59 Å². The van der Waals surface area contributed by atoms with Crippen molar-refractivity contribution in [3.05, 3.63) is 29.8 Å². The van der Waals surface area contributed by atoms with Crippen LogP contribution in [0.4, 0.5) is 5.69 Å². The van der Waals surface area contributed by atoms with Gasteiger partial charge in [0.1, 0.15) is 6.04 Å². The molecule has 0 heterocycles. The van der Waals surface area contributed by atoms with Gasteiger partial charge in [-0.1, -0.05) is 0 Å². The number of anilines is 1. The quantitative estimate of drug-likeness (QED) is 0.580. The lowest BCUT2D eigenvalue weighted by molar-refractivity contribution is -0.143. The van der Waals surface area contributed by atoms with Gasteiger partial charge in [-0.25, -0.2) is 4.79 Å². The van der Waals surface area contributed by atoms with E-state index in [0.717, 1.165) is 0 Å². The molecule has 0 saturated heterocycles. The van der Waals surface area contributed by atoms with E-state index >= 15 is 0 Å². The van der Waals surface area contributed by atoms with Crippen LogP contribution < -0.4 is 11.1 Å². The van der Waals surface area contributed by atoms with Gasteiger partial charge in [0, 0.05) is 31.4 Å². The molecule has 1 amide bonds. The molecule has 0 aliphatic heterocycles. The van der Waals surface area contributed by atoms with Gasteiger partial charge in [-0.15, -0.1) is 0 Å². The summed E-state index contributed by atoms with van der Waals surface area (Å²) in [7, 11) is 2.80. The summed E-state index contributed by atoms with van der Waals surface area (Å²) in [6.45, 7) is 0.349. The van der Waals surface area contributed by atoms with Crippen LogP contribution in [0.25, 0.3) is 0 Å². The van der Waals surface area contributed by atoms with Gasteiger partial charge in [0.25, 0.3) is 5.91 Å². The van der Waals surface area contributed by atoms with Crippen LogP contribution in [0.2, 0.25) is 0 Å². The number of carbonyl (C=O) groups excluding carboxylic acids is 2. The summed E-state index contributed by atoms with van der Waals surface area (Å²) in [5.74, 6) is -0.854. The molecule has 6 heteroatoms. The minimum absolute atomic E-state index is 0.349. The maximum Gasteiger partial charge on any atom is 0.328 e. The predicted molar refractivity (Wildman–Crippen MR) is 70.6 cm³/mol. The second kappa shape index (κ2) is 7.38. The average Bonchev–Trinajstić information content (AvgIpc) is 2.43. The Kier molecular flexibility index (Phi) is 5.81. The van der Waals surface area contributed by atoms with Crippen LogP contribution in [-0.2, 0) is 14.3 Å². The van der Waals surface area contributed by atoms with E-state index in [1.54, 1.807) is 24.3 Å². The van der Waals surface area contributed by atoms with Crippen LogP contribution in [0.3, 0.4) is 0 Å². The Bertz CT molecular complexity index is 431. The van der Waals surface area contributed by atoms with Gasteiger partial charge >= 0.3 is 5.97 Å². The van der Waals surface area contributed by atoms with Crippen LogP contribution in [0.5, 0.6) is 0 Å². The van der Waals surface area contributed by atoms with E-state index in [0.29, 0.717) is 24.3 Å². The van der Waals surface area contributed by atoms with Gasteiger partial charge in [0.2, 0.25) is 0 Å². The largest absolute Gasteiger partial charge is 0.467 e. The molecule has 104 valence electrons. The summed E-state index contributed by atoms with van der Waals surface area (Å²) in [4.78, 5) is 23.5. The van der Waals surface area contributed by atoms with Crippen LogP contribution in [0.1, 0.15) is 16.8 Å². The van der Waals surface area contributed by atoms with E-state index in [-0.39, 0.29) is 5.91 Å². The lowest BCUT2D eigenvalue weighted by Crippen LogP contribution is -2.42. The molecule has 6 nitrogen and oxygen atoms in total. The van der Waals surface area contributed by atoms with Crippen LogP contribution >= 0.6 is 0 Å². The number of hydrogen-bond donors (Lipinski definition) is 2. The van der Waals surface area contributed by atoms with Crippen LogP contribution in [0, 0.1) is 0 Å². The number of hydrogen-bond acceptors (Lipinski definition) is 5. The number of nitrogen functional groups attached to an aromatic ring is 1. The third-order valence-electron chi connectivity index (χ3n) is 2.57. The van der Waals surface area contributed by atoms with Crippen molar-refractivity contribution in [3.63, 3.8) is 0 Å². The molecule has 0 radical (unpaired) electrons. The number of ether oxygens (including phenoxy) is 2.